The van der Waals surface area contributed by atoms with Crippen LogP contribution in [0.2, 0.25) is 0 Å². The Morgan fingerprint density at radius 3 is 2.65 bits per heavy atom. The Balaban J connectivity index is 1.33. The maximum Gasteiger partial charge on any atom is 0.491 e. The van der Waals surface area contributed by atoms with Crippen LogP contribution in [-0.4, -0.2) is 18.0 Å². The summed E-state index contributed by atoms with van der Waals surface area (Å²) in [6, 6.07) is 13.3. The van der Waals surface area contributed by atoms with Gasteiger partial charge in [0, 0.05) is 12.5 Å². The van der Waals surface area contributed by atoms with Gasteiger partial charge in [-0.1, -0.05) is 31.0 Å². The van der Waals surface area contributed by atoms with Crippen LogP contribution in [0.4, 0.5) is 0 Å². The molecule has 0 spiro atoms. The lowest BCUT2D eigenvalue weighted by Crippen LogP contribution is -2.28. The zero-order chi connectivity index (χ0) is 17.9. The van der Waals surface area contributed by atoms with Crippen molar-refractivity contribution in [2.24, 2.45) is 5.92 Å². The van der Waals surface area contributed by atoms with Crippen molar-refractivity contribution in [1.29, 1.82) is 0 Å². The molecule has 1 heterocycles. The predicted molar refractivity (Wildman–Crippen MR) is 99.2 cm³/mol. The van der Waals surface area contributed by atoms with E-state index in [2.05, 4.69) is 5.32 Å². The summed E-state index contributed by atoms with van der Waals surface area (Å²) in [5.74, 6) is 1.81. The molecule has 0 bridgehead atoms. The quantitative estimate of drug-likeness (QED) is 0.813. The number of amides is 1. The molecule has 5 nitrogen and oxygen atoms in total. The maximum atomic E-state index is 12.1. The lowest BCUT2D eigenvalue weighted by molar-refractivity contribution is -0.124. The van der Waals surface area contributed by atoms with Gasteiger partial charge in [-0.3, -0.25) is 4.79 Å². The number of fused-ring (bicyclic) bond motifs is 1. The molecule has 26 heavy (non-hydrogen) atoms. The summed E-state index contributed by atoms with van der Waals surface area (Å²) < 4.78 is 11.1. The molecule has 0 atom stereocenters. The van der Waals surface area contributed by atoms with Gasteiger partial charge in [0.1, 0.15) is 11.5 Å². The maximum absolute atomic E-state index is 12.1. The van der Waals surface area contributed by atoms with Gasteiger partial charge in [0.05, 0.1) is 6.61 Å². The number of carbonyl (C=O) groups excluding carboxylic acids is 1. The molecule has 134 valence electrons. The smallest absolute Gasteiger partial charge is 0.457 e. The number of benzene rings is 2. The molecule has 2 N–H and O–H groups in total. The van der Waals surface area contributed by atoms with Gasteiger partial charge in [-0.25, -0.2) is 0 Å². The second-order valence-electron chi connectivity index (χ2n) is 6.97. The molecule has 2 aliphatic rings. The lowest BCUT2D eigenvalue weighted by atomic mass is 9.80. The normalized spacial score (nSPS) is 16.6. The van der Waals surface area contributed by atoms with Crippen LogP contribution in [0.1, 0.15) is 36.8 Å². The van der Waals surface area contributed by atoms with Crippen molar-refractivity contribution in [2.75, 3.05) is 0 Å². The highest BCUT2D eigenvalue weighted by atomic mass is 16.5. The Bertz CT molecular complexity index is 787. The first-order valence-corrected chi connectivity index (χ1v) is 9.16. The summed E-state index contributed by atoms with van der Waals surface area (Å²) >= 11 is 0. The van der Waals surface area contributed by atoms with Crippen LogP contribution in [0.5, 0.6) is 11.5 Å². The third kappa shape index (κ3) is 3.76. The molecule has 1 aliphatic heterocycles. The zero-order valence-electron chi connectivity index (χ0n) is 14.6. The first kappa shape index (κ1) is 17.1. The van der Waals surface area contributed by atoms with E-state index >= 15 is 0 Å². The Morgan fingerprint density at radius 2 is 1.88 bits per heavy atom. The number of ether oxygens (including phenoxy) is 1. The van der Waals surface area contributed by atoms with Crippen molar-refractivity contribution in [2.45, 2.75) is 38.8 Å². The van der Waals surface area contributed by atoms with E-state index in [-0.39, 0.29) is 11.8 Å². The Hall–Kier alpha value is -2.31. The minimum absolute atomic E-state index is 0.172. The molecule has 2 aromatic carbocycles. The standard InChI is InChI=1S/C20H22BNO4/c23-20(15-3-1-2-4-15)22-12-14-5-7-17(8-6-14)26-18-9-10-19-16(11-18)13-25-21(19)24/h5-11,15,24H,1-4,12-13H2,(H,22,23). The monoisotopic (exact) mass is 351 g/mol. The largest absolute Gasteiger partial charge is 0.491 e. The molecule has 0 unspecified atom stereocenters. The Morgan fingerprint density at radius 1 is 1.15 bits per heavy atom. The number of carbonyl (C=O) groups is 1. The number of rotatable bonds is 5. The minimum Gasteiger partial charge on any atom is -0.457 e. The average molecular weight is 351 g/mol. The van der Waals surface area contributed by atoms with Crippen LogP contribution in [0, 0.1) is 5.92 Å². The van der Waals surface area contributed by atoms with E-state index < -0.39 is 7.12 Å². The summed E-state index contributed by atoms with van der Waals surface area (Å²) in [5.41, 5.74) is 2.79. The van der Waals surface area contributed by atoms with Crippen LogP contribution >= 0.6 is 0 Å². The second-order valence-corrected chi connectivity index (χ2v) is 6.97. The third-order valence-electron chi connectivity index (χ3n) is 5.13. The van der Waals surface area contributed by atoms with Gasteiger partial charge in [-0.2, -0.15) is 0 Å². The van der Waals surface area contributed by atoms with Crippen LogP contribution in [0.25, 0.3) is 0 Å². The fourth-order valence-electron chi connectivity index (χ4n) is 3.60. The van der Waals surface area contributed by atoms with Gasteiger partial charge in [-0.05, 0) is 53.7 Å². The van der Waals surface area contributed by atoms with Crippen molar-refractivity contribution in [3.8, 4) is 11.5 Å². The summed E-state index contributed by atoms with van der Waals surface area (Å²) in [5, 5.41) is 12.7. The van der Waals surface area contributed by atoms with Gasteiger partial charge >= 0.3 is 7.12 Å². The van der Waals surface area contributed by atoms with Gasteiger partial charge in [-0.15, -0.1) is 0 Å². The van der Waals surface area contributed by atoms with Crippen molar-refractivity contribution < 1.29 is 19.2 Å². The summed E-state index contributed by atoms with van der Waals surface area (Å²) in [6.45, 7) is 0.941. The van der Waals surface area contributed by atoms with Gasteiger partial charge in [0.2, 0.25) is 5.91 Å². The molecule has 4 rings (SSSR count). The van der Waals surface area contributed by atoms with Gasteiger partial charge in [0.15, 0.2) is 0 Å². The Labute approximate surface area is 153 Å². The van der Waals surface area contributed by atoms with E-state index in [9.17, 15) is 9.82 Å². The molecular formula is C20H22BNO4. The lowest BCUT2D eigenvalue weighted by Gasteiger charge is -2.11. The molecule has 0 saturated heterocycles. The second kappa shape index (κ2) is 7.52. The highest BCUT2D eigenvalue weighted by molar-refractivity contribution is 6.61. The van der Waals surface area contributed by atoms with Crippen molar-refractivity contribution >= 4 is 18.5 Å². The van der Waals surface area contributed by atoms with Gasteiger partial charge < -0.3 is 19.7 Å². The van der Waals surface area contributed by atoms with Crippen molar-refractivity contribution in [3.05, 3.63) is 53.6 Å². The molecule has 1 fully saturated rings. The van der Waals surface area contributed by atoms with Gasteiger partial charge in [0.25, 0.3) is 0 Å². The van der Waals surface area contributed by atoms with Crippen molar-refractivity contribution in [1.82, 2.24) is 5.32 Å². The number of hydrogen-bond donors (Lipinski definition) is 2. The number of nitrogens with one attached hydrogen (secondary N) is 1. The average Bonchev–Trinajstić information content (AvgIpc) is 3.31. The van der Waals surface area contributed by atoms with E-state index in [4.69, 9.17) is 9.39 Å². The van der Waals surface area contributed by atoms with E-state index in [1.165, 1.54) is 0 Å². The van der Waals surface area contributed by atoms with Crippen LogP contribution in [0.15, 0.2) is 42.5 Å². The van der Waals surface area contributed by atoms with E-state index in [0.717, 1.165) is 48.0 Å². The van der Waals surface area contributed by atoms with E-state index in [0.29, 0.717) is 18.9 Å². The van der Waals surface area contributed by atoms with Crippen LogP contribution in [-0.2, 0) is 22.6 Å². The predicted octanol–water partition coefficient (Wildman–Crippen LogP) is 2.50. The topological polar surface area (TPSA) is 67.8 Å². The molecule has 0 aromatic heterocycles. The first-order valence-electron chi connectivity index (χ1n) is 9.16. The summed E-state index contributed by atoms with van der Waals surface area (Å²) in [7, 11) is -0.835. The molecule has 0 radical (unpaired) electrons. The van der Waals surface area contributed by atoms with E-state index in [1.807, 2.05) is 42.5 Å². The highest BCUT2D eigenvalue weighted by Crippen LogP contribution is 2.26. The molecular weight excluding hydrogens is 329 g/mol. The first-order chi connectivity index (χ1) is 12.7. The summed E-state index contributed by atoms with van der Waals surface area (Å²) in [4.78, 5) is 12.1. The minimum atomic E-state index is -0.835. The van der Waals surface area contributed by atoms with Crippen LogP contribution in [0.3, 0.4) is 0 Å². The molecule has 1 amide bonds. The highest BCUT2D eigenvalue weighted by Gasteiger charge is 2.27. The zero-order valence-corrected chi connectivity index (χ0v) is 14.6. The molecule has 2 aromatic rings. The summed E-state index contributed by atoms with van der Waals surface area (Å²) in [6.07, 6.45) is 4.36. The molecule has 1 saturated carbocycles. The third-order valence-corrected chi connectivity index (χ3v) is 5.13. The van der Waals surface area contributed by atoms with E-state index in [1.54, 1.807) is 0 Å². The number of hydrogen-bond acceptors (Lipinski definition) is 4. The van der Waals surface area contributed by atoms with Crippen molar-refractivity contribution in [3.63, 3.8) is 0 Å². The molecule has 1 aliphatic carbocycles. The SMILES string of the molecule is O=C(NCc1ccc(Oc2ccc3c(c2)COB3O)cc1)C1CCCC1. The van der Waals surface area contributed by atoms with Crippen LogP contribution < -0.4 is 15.5 Å². The fraction of sp³-hybridized carbons (Fsp3) is 0.350. The molecule has 6 heteroatoms. The Kier molecular flexibility index (Phi) is 4.95. The fourth-order valence-corrected chi connectivity index (χ4v) is 3.60.